The van der Waals surface area contributed by atoms with Crippen molar-refractivity contribution in [1.82, 2.24) is 0 Å². The van der Waals surface area contributed by atoms with Crippen LogP contribution in [0.1, 0.15) is 37.9 Å². The molecule has 90 valence electrons. The van der Waals surface area contributed by atoms with Crippen LogP contribution in [0.5, 0.6) is 0 Å². The summed E-state index contributed by atoms with van der Waals surface area (Å²) < 4.78 is 8.06. The van der Waals surface area contributed by atoms with E-state index < -0.39 is 0 Å². The van der Waals surface area contributed by atoms with Gasteiger partial charge < -0.3 is 4.74 Å². The summed E-state index contributed by atoms with van der Waals surface area (Å²) in [6.45, 7) is 3.08. The van der Waals surface area contributed by atoms with Crippen LogP contribution in [-0.2, 0) is 4.74 Å². The minimum atomic E-state index is 0.216. The van der Waals surface area contributed by atoms with Gasteiger partial charge in [-0.2, -0.15) is 0 Å². The van der Waals surface area contributed by atoms with E-state index in [1.807, 2.05) is 6.07 Å². The van der Waals surface area contributed by atoms with Crippen molar-refractivity contribution in [2.24, 2.45) is 0 Å². The van der Waals surface area contributed by atoms with Gasteiger partial charge in [0.25, 0.3) is 0 Å². The highest BCUT2D eigenvalue weighted by molar-refractivity contribution is 14.1. The molecule has 0 aliphatic rings. The van der Waals surface area contributed by atoms with Gasteiger partial charge in [-0.25, -0.2) is 0 Å². The SMILES string of the molecule is CCCCCOC(CI)c1ccccc1Br. The molecule has 3 heteroatoms. The van der Waals surface area contributed by atoms with E-state index in [9.17, 15) is 0 Å². The summed E-state index contributed by atoms with van der Waals surface area (Å²) in [7, 11) is 0. The number of hydrogen-bond donors (Lipinski definition) is 0. The van der Waals surface area contributed by atoms with E-state index in [0.717, 1.165) is 21.9 Å². The van der Waals surface area contributed by atoms with Crippen LogP contribution < -0.4 is 0 Å². The van der Waals surface area contributed by atoms with Gasteiger partial charge in [0.1, 0.15) is 0 Å². The first-order valence-corrected chi connectivity index (χ1v) is 8.03. The van der Waals surface area contributed by atoms with Crippen LogP contribution in [0.3, 0.4) is 0 Å². The largest absolute Gasteiger partial charge is 0.373 e. The van der Waals surface area contributed by atoms with Gasteiger partial charge in [0.05, 0.1) is 6.10 Å². The molecule has 0 bridgehead atoms. The van der Waals surface area contributed by atoms with Crippen molar-refractivity contribution in [2.45, 2.75) is 32.3 Å². The Labute approximate surface area is 120 Å². The van der Waals surface area contributed by atoms with E-state index in [0.29, 0.717) is 0 Å². The molecule has 16 heavy (non-hydrogen) atoms. The van der Waals surface area contributed by atoms with Crippen molar-refractivity contribution < 1.29 is 4.74 Å². The molecule has 0 spiro atoms. The third-order valence-electron chi connectivity index (χ3n) is 2.46. The molecule has 0 aliphatic carbocycles. The molecule has 1 unspecified atom stereocenters. The Morgan fingerprint density at radius 1 is 1.31 bits per heavy atom. The van der Waals surface area contributed by atoms with E-state index in [1.165, 1.54) is 18.4 Å². The smallest absolute Gasteiger partial charge is 0.0925 e. The Kier molecular flexibility index (Phi) is 7.66. The van der Waals surface area contributed by atoms with Crippen LogP contribution in [0.15, 0.2) is 28.7 Å². The van der Waals surface area contributed by atoms with E-state index in [2.05, 4.69) is 63.6 Å². The van der Waals surface area contributed by atoms with E-state index in [-0.39, 0.29) is 6.10 Å². The molecule has 1 rings (SSSR count). The monoisotopic (exact) mass is 396 g/mol. The second kappa shape index (κ2) is 8.48. The Morgan fingerprint density at radius 3 is 2.69 bits per heavy atom. The molecule has 1 aromatic carbocycles. The predicted octanol–water partition coefficient (Wildman–Crippen LogP) is 5.13. The van der Waals surface area contributed by atoms with E-state index in [1.54, 1.807) is 0 Å². The summed E-state index contributed by atoms with van der Waals surface area (Å²) >= 11 is 5.96. The number of rotatable bonds is 7. The summed E-state index contributed by atoms with van der Waals surface area (Å²) in [4.78, 5) is 0. The normalized spacial score (nSPS) is 12.7. The summed E-state index contributed by atoms with van der Waals surface area (Å²) in [5.41, 5.74) is 1.26. The molecule has 0 saturated carbocycles. The van der Waals surface area contributed by atoms with Gasteiger partial charge in [0.15, 0.2) is 0 Å². The van der Waals surface area contributed by atoms with Crippen LogP contribution in [0, 0.1) is 0 Å². The predicted molar refractivity (Wildman–Crippen MR) is 81.2 cm³/mol. The Morgan fingerprint density at radius 2 is 2.06 bits per heavy atom. The molecular formula is C13H18BrIO. The van der Waals surface area contributed by atoms with E-state index >= 15 is 0 Å². The lowest BCUT2D eigenvalue weighted by Crippen LogP contribution is -2.07. The van der Waals surface area contributed by atoms with Crippen LogP contribution in [0.25, 0.3) is 0 Å². The molecule has 1 nitrogen and oxygen atoms in total. The van der Waals surface area contributed by atoms with Gasteiger partial charge in [0.2, 0.25) is 0 Å². The molecular weight excluding hydrogens is 379 g/mol. The number of hydrogen-bond acceptors (Lipinski definition) is 1. The fourth-order valence-corrected chi connectivity index (χ4v) is 2.80. The number of halogens is 2. The highest BCUT2D eigenvalue weighted by atomic mass is 127. The van der Waals surface area contributed by atoms with Gasteiger partial charge >= 0.3 is 0 Å². The van der Waals surface area contributed by atoms with Gasteiger partial charge in [-0.05, 0) is 18.1 Å². The summed E-state index contributed by atoms with van der Waals surface area (Å²) in [6, 6.07) is 8.31. The zero-order chi connectivity index (χ0) is 11.8. The highest BCUT2D eigenvalue weighted by Crippen LogP contribution is 2.27. The molecule has 0 fully saturated rings. The number of alkyl halides is 1. The first-order valence-electron chi connectivity index (χ1n) is 5.71. The maximum atomic E-state index is 5.92. The second-order valence-corrected chi connectivity index (χ2v) is 5.48. The molecule has 0 amide bonds. The van der Waals surface area contributed by atoms with Crippen molar-refractivity contribution in [3.05, 3.63) is 34.3 Å². The molecule has 0 N–H and O–H groups in total. The topological polar surface area (TPSA) is 9.23 Å². The summed E-state index contributed by atoms with van der Waals surface area (Å²) in [5.74, 6) is 0. The van der Waals surface area contributed by atoms with Crippen LogP contribution in [0.4, 0.5) is 0 Å². The maximum Gasteiger partial charge on any atom is 0.0925 e. The Hall–Kier alpha value is 0.390. The average molecular weight is 397 g/mol. The lowest BCUT2D eigenvalue weighted by atomic mass is 10.1. The average Bonchev–Trinajstić information content (AvgIpc) is 2.31. The minimum Gasteiger partial charge on any atom is -0.373 e. The number of ether oxygens (including phenoxy) is 1. The number of benzene rings is 1. The molecule has 0 radical (unpaired) electrons. The molecule has 0 aliphatic heterocycles. The first kappa shape index (κ1) is 14.5. The minimum absolute atomic E-state index is 0.216. The molecule has 0 aromatic heterocycles. The van der Waals surface area contributed by atoms with E-state index in [4.69, 9.17) is 4.74 Å². The number of unbranched alkanes of at least 4 members (excludes halogenated alkanes) is 2. The standard InChI is InChI=1S/C13H18BrIO/c1-2-3-6-9-16-13(10-15)11-7-4-5-8-12(11)14/h4-5,7-8,13H,2-3,6,9-10H2,1H3. The molecule has 1 aromatic rings. The van der Waals surface area contributed by atoms with Gasteiger partial charge in [-0.3, -0.25) is 0 Å². The molecule has 0 heterocycles. The molecule has 1 atom stereocenters. The zero-order valence-electron chi connectivity index (χ0n) is 9.59. The van der Waals surface area contributed by atoms with Crippen molar-refractivity contribution in [3.8, 4) is 0 Å². The fourth-order valence-electron chi connectivity index (χ4n) is 1.53. The second-order valence-electron chi connectivity index (χ2n) is 3.74. The molecule has 0 saturated heterocycles. The quantitative estimate of drug-likeness (QED) is 0.352. The van der Waals surface area contributed by atoms with Crippen molar-refractivity contribution in [2.75, 3.05) is 11.0 Å². The third kappa shape index (κ3) is 4.72. The maximum absolute atomic E-state index is 5.92. The van der Waals surface area contributed by atoms with Gasteiger partial charge in [-0.1, -0.05) is 76.5 Å². The Balaban J connectivity index is 2.51. The lowest BCUT2D eigenvalue weighted by Gasteiger charge is -2.17. The van der Waals surface area contributed by atoms with Gasteiger partial charge in [0, 0.05) is 15.5 Å². The summed E-state index contributed by atoms with van der Waals surface area (Å²) in [6.07, 6.45) is 3.87. The van der Waals surface area contributed by atoms with Crippen LogP contribution in [-0.4, -0.2) is 11.0 Å². The first-order chi connectivity index (χ1) is 7.79. The van der Waals surface area contributed by atoms with Crippen LogP contribution in [0.2, 0.25) is 0 Å². The van der Waals surface area contributed by atoms with Crippen LogP contribution >= 0.6 is 38.5 Å². The third-order valence-corrected chi connectivity index (χ3v) is 3.98. The van der Waals surface area contributed by atoms with Crippen molar-refractivity contribution in [3.63, 3.8) is 0 Å². The van der Waals surface area contributed by atoms with Crippen molar-refractivity contribution >= 4 is 38.5 Å². The Bertz CT molecular complexity index is 304. The lowest BCUT2D eigenvalue weighted by molar-refractivity contribution is 0.0677. The van der Waals surface area contributed by atoms with Crippen molar-refractivity contribution in [1.29, 1.82) is 0 Å². The zero-order valence-corrected chi connectivity index (χ0v) is 13.3. The fraction of sp³-hybridized carbons (Fsp3) is 0.538. The summed E-state index contributed by atoms with van der Waals surface area (Å²) in [5, 5.41) is 0. The van der Waals surface area contributed by atoms with Gasteiger partial charge in [-0.15, -0.1) is 0 Å². The highest BCUT2D eigenvalue weighted by Gasteiger charge is 2.12.